The van der Waals surface area contributed by atoms with E-state index in [2.05, 4.69) is 17.0 Å². The lowest BCUT2D eigenvalue weighted by Crippen LogP contribution is -2.39. The van der Waals surface area contributed by atoms with Crippen LogP contribution >= 0.6 is 0 Å². The molecule has 2 heterocycles. The molecule has 94 valence electrons. The maximum Gasteiger partial charge on any atom is 0.181 e. The van der Waals surface area contributed by atoms with Crippen LogP contribution in [0.3, 0.4) is 0 Å². The molecule has 0 saturated heterocycles. The van der Waals surface area contributed by atoms with Gasteiger partial charge in [-0.1, -0.05) is 6.92 Å². The molecule has 0 amide bonds. The summed E-state index contributed by atoms with van der Waals surface area (Å²) >= 11 is 0. The fourth-order valence-corrected chi connectivity index (χ4v) is 2.21. The van der Waals surface area contributed by atoms with E-state index < -0.39 is 0 Å². The number of benzene rings is 1. The van der Waals surface area contributed by atoms with Gasteiger partial charge in [-0.05, 0) is 30.2 Å². The highest BCUT2D eigenvalue weighted by molar-refractivity contribution is 5.54. The molecule has 0 radical (unpaired) electrons. The number of nitrogens with two attached hydrogens (primary N) is 1. The van der Waals surface area contributed by atoms with Gasteiger partial charge in [-0.3, -0.25) is 0 Å². The van der Waals surface area contributed by atoms with Crippen molar-refractivity contribution >= 4 is 0 Å². The normalized spacial score (nSPS) is 22.8. The zero-order valence-corrected chi connectivity index (χ0v) is 10.2. The summed E-state index contributed by atoms with van der Waals surface area (Å²) in [6.45, 7) is 2.82. The van der Waals surface area contributed by atoms with Crippen LogP contribution in [-0.4, -0.2) is 20.8 Å². The smallest absolute Gasteiger partial charge is 0.181 e. The first kappa shape index (κ1) is 11.3. The molecule has 2 N–H and O–H groups in total. The first-order valence-corrected chi connectivity index (χ1v) is 6.09. The predicted molar refractivity (Wildman–Crippen MR) is 66.3 cm³/mol. The minimum absolute atomic E-state index is 0.125. The second kappa shape index (κ2) is 4.17. The van der Waals surface area contributed by atoms with Crippen molar-refractivity contribution in [3.63, 3.8) is 0 Å². The maximum absolute atomic E-state index is 12.9. The van der Waals surface area contributed by atoms with Crippen molar-refractivity contribution in [2.24, 2.45) is 11.7 Å². The fourth-order valence-electron chi connectivity index (χ4n) is 2.21. The van der Waals surface area contributed by atoms with Crippen LogP contribution in [0.5, 0.6) is 0 Å². The van der Waals surface area contributed by atoms with E-state index in [-0.39, 0.29) is 11.9 Å². The average Bonchev–Trinajstić information content (AvgIpc) is 2.73. The number of hydrogen-bond acceptors (Lipinski definition) is 3. The quantitative estimate of drug-likeness (QED) is 0.831. The number of hydrogen-bond donors (Lipinski definition) is 1. The summed E-state index contributed by atoms with van der Waals surface area (Å²) in [4.78, 5) is 4.51. The standard InChI is InChI=1S/C13H15FN4/c1-8-6-12-16-13(17-18(12)7-11(8)15)9-2-4-10(14)5-3-9/h2-5,8,11H,6-7,15H2,1H3. The molecule has 0 fully saturated rings. The molecular formula is C13H15FN4. The Morgan fingerprint density at radius 1 is 1.33 bits per heavy atom. The van der Waals surface area contributed by atoms with Crippen LogP contribution < -0.4 is 5.73 Å². The second-order valence-corrected chi connectivity index (χ2v) is 4.89. The number of nitrogens with zero attached hydrogens (tertiary/aromatic N) is 3. The molecule has 0 bridgehead atoms. The van der Waals surface area contributed by atoms with Crippen LogP contribution in [0.2, 0.25) is 0 Å². The number of rotatable bonds is 1. The molecule has 0 aliphatic carbocycles. The van der Waals surface area contributed by atoms with Crippen molar-refractivity contribution in [3.8, 4) is 11.4 Å². The van der Waals surface area contributed by atoms with Gasteiger partial charge in [0.2, 0.25) is 0 Å². The van der Waals surface area contributed by atoms with Crippen LogP contribution in [0.15, 0.2) is 24.3 Å². The molecule has 1 aromatic carbocycles. The average molecular weight is 246 g/mol. The Kier molecular flexibility index (Phi) is 2.63. The lowest BCUT2D eigenvalue weighted by molar-refractivity contribution is 0.330. The van der Waals surface area contributed by atoms with Crippen LogP contribution in [0, 0.1) is 11.7 Å². The van der Waals surface area contributed by atoms with E-state index in [0.29, 0.717) is 18.3 Å². The van der Waals surface area contributed by atoms with Gasteiger partial charge in [0.05, 0.1) is 6.54 Å². The summed E-state index contributed by atoms with van der Waals surface area (Å²) in [5.41, 5.74) is 6.86. The van der Waals surface area contributed by atoms with Gasteiger partial charge >= 0.3 is 0 Å². The molecule has 0 spiro atoms. The van der Waals surface area contributed by atoms with Gasteiger partial charge in [0.25, 0.3) is 0 Å². The first-order chi connectivity index (χ1) is 8.63. The Morgan fingerprint density at radius 2 is 2.06 bits per heavy atom. The van der Waals surface area contributed by atoms with E-state index in [1.807, 2.05) is 4.68 Å². The first-order valence-electron chi connectivity index (χ1n) is 6.09. The summed E-state index contributed by atoms with van der Waals surface area (Å²) in [7, 11) is 0. The van der Waals surface area contributed by atoms with Crippen LogP contribution in [0.4, 0.5) is 4.39 Å². The summed E-state index contributed by atoms with van der Waals surface area (Å²) in [5, 5.41) is 4.44. The molecule has 2 atom stereocenters. The van der Waals surface area contributed by atoms with Crippen LogP contribution in [0.25, 0.3) is 11.4 Å². The Bertz CT molecular complexity index is 533. The Hall–Kier alpha value is -1.75. The highest BCUT2D eigenvalue weighted by Gasteiger charge is 2.25. The molecular weight excluding hydrogens is 231 g/mol. The van der Waals surface area contributed by atoms with Crippen LogP contribution in [0.1, 0.15) is 12.7 Å². The monoisotopic (exact) mass is 246 g/mol. The van der Waals surface area contributed by atoms with E-state index in [1.165, 1.54) is 12.1 Å². The van der Waals surface area contributed by atoms with Gasteiger partial charge in [-0.2, -0.15) is 5.10 Å². The van der Waals surface area contributed by atoms with Crippen molar-refractivity contribution in [3.05, 3.63) is 35.9 Å². The topological polar surface area (TPSA) is 56.7 Å². The van der Waals surface area contributed by atoms with Gasteiger partial charge in [0.15, 0.2) is 5.82 Å². The molecule has 1 aliphatic heterocycles. The molecule has 1 aliphatic rings. The Balaban J connectivity index is 1.96. The molecule has 0 saturated carbocycles. The summed E-state index contributed by atoms with van der Waals surface area (Å²) in [5.74, 6) is 1.77. The minimum Gasteiger partial charge on any atom is -0.326 e. The molecule has 3 rings (SSSR count). The Labute approximate surface area is 105 Å². The minimum atomic E-state index is -0.252. The number of aromatic nitrogens is 3. The lowest BCUT2D eigenvalue weighted by Gasteiger charge is -2.25. The summed E-state index contributed by atoms with van der Waals surface area (Å²) < 4.78 is 14.7. The van der Waals surface area contributed by atoms with Crippen molar-refractivity contribution < 1.29 is 4.39 Å². The highest BCUT2D eigenvalue weighted by atomic mass is 19.1. The molecule has 18 heavy (non-hydrogen) atoms. The zero-order chi connectivity index (χ0) is 12.7. The molecule has 2 aromatic rings. The van der Waals surface area contributed by atoms with Crippen molar-refractivity contribution in [2.75, 3.05) is 0 Å². The summed E-state index contributed by atoms with van der Waals surface area (Å²) in [6, 6.07) is 6.35. The number of halogens is 1. The van der Waals surface area contributed by atoms with Gasteiger partial charge in [-0.15, -0.1) is 0 Å². The molecule has 2 unspecified atom stereocenters. The maximum atomic E-state index is 12.9. The summed E-state index contributed by atoms with van der Waals surface area (Å²) in [6.07, 6.45) is 0.843. The van der Waals surface area contributed by atoms with E-state index in [9.17, 15) is 4.39 Å². The van der Waals surface area contributed by atoms with E-state index in [4.69, 9.17) is 5.73 Å². The third-order valence-corrected chi connectivity index (χ3v) is 3.47. The fraction of sp³-hybridized carbons (Fsp3) is 0.385. The molecule has 1 aromatic heterocycles. The second-order valence-electron chi connectivity index (χ2n) is 4.89. The molecule has 5 heteroatoms. The van der Waals surface area contributed by atoms with Gasteiger partial charge in [0, 0.05) is 18.0 Å². The lowest BCUT2D eigenvalue weighted by atomic mass is 9.96. The SMILES string of the molecule is CC1Cc2nc(-c3ccc(F)cc3)nn2CC1N. The number of fused-ring (bicyclic) bond motifs is 1. The van der Waals surface area contributed by atoms with Crippen molar-refractivity contribution in [2.45, 2.75) is 25.9 Å². The third kappa shape index (κ3) is 1.90. The van der Waals surface area contributed by atoms with Gasteiger partial charge in [-0.25, -0.2) is 14.1 Å². The largest absolute Gasteiger partial charge is 0.326 e. The van der Waals surface area contributed by atoms with E-state index in [0.717, 1.165) is 17.8 Å². The predicted octanol–water partition coefficient (Wildman–Crippen LogP) is 1.60. The zero-order valence-electron chi connectivity index (χ0n) is 10.2. The highest BCUT2D eigenvalue weighted by Crippen LogP contribution is 2.22. The van der Waals surface area contributed by atoms with Gasteiger partial charge < -0.3 is 5.73 Å². The van der Waals surface area contributed by atoms with Crippen molar-refractivity contribution in [1.82, 2.24) is 14.8 Å². The van der Waals surface area contributed by atoms with E-state index >= 15 is 0 Å². The Morgan fingerprint density at radius 3 is 2.78 bits per heavy atom. The van der Waals surface area contributed by atoms with Gasteiger partial charge in [0.1, 0.15) is 11.6 Å². The van der Waals surface area contributed by atoms with Crippen LogP contribution in [-0.2, 0) is 13.0 Å². The molecule has 4 nitrogen and oxygen atoms in total. The van der Waals surface area contributed by atoms with Crippen molar-refractivity contribution in [1.29, 1.82) is 0 Å². The third-order valence-electron chi connectivity index (χ3n) is 3.47. The van der Waals surface area contributed by atoms with E-state index in [1.54, 1.807) is 12.1 Å².